The second kappa shape index (κ2) is 10.2. The predicted molar refractivity (Wildman–Crippen MR) is 87.5 cm³/mol. The topological polar surface area (TPSA) is 70.2 Å². The largest absolute Gasteiger partial charge is 0.351 e. The number of hydrogen-bond donors (Lipinski definition) is 3. The number of nitrogens with one attached hydrogen (secondary N) is 3. The first-order valence-corrected chi connectivity index (χ1v) is 6.81. The maximum atomic E-state index is 11.7. The Bertz CT molecular complexity index is 464. The van der Waals surface area contributed by atoms with E-state index >= 15 is 0 Å². The molecule has 0 heterocycles. The summed E-state index contributed by atoms with van der Waals surface area (Å²) in [5, 5.41) is 8.45. The molecule has 1 rings (SSSR count). The number of hydrogen-bond acceptors (Lipinski definition) is 3. The minimum atomic E-state index is -0.0539. The van der Waals surface area contributed by atoms with Crippen LogP contribution in [-0.4, -0.2) is 25.4 Å². The predicted octanol–water partition coefficient (Wildman–Crippen LogP) is 1.93. The average Bonchev–Trinajstić information content (AvgIpc) is 2.36. The molecule has 0 atom stereocenters. The van der Waals surface area contributed by atoms with E-state index in [-0.39, 0.29) is 24.2 Å². The van der Waals surface area contributed by atoms with E-state index < -0.39 is 0 Å². The van der Waals surface area contributed by atoms with Crippen molar-refractivity contribution in [3.63, 3.8) is 0 Å². The summed E-state index contributed by atoms with van der Waals surface area (Å²) in [6.45, 7) is 4.76. The zero-order valence-corrected chi connectivity index (χ0v) is 13.5. The SMILES string of the molecule is CNCC(=O)NCc1cccc(NC(=O)CC(C)C)c1.Cl. The highest BCUT2D eigenvalue weighted by Crippen LogP contribution is 2.12. The second-order valence-electron chi connectivity index (χ2n) is 5.15. The van der Waals surface area contributed by atoms with Crippen molar-refractivity contribution in [3.05, 3.63) is 29.8 Å². The number of likely N-dealkylation sites (N-methyl/N-ethyl adjacent to an activating group) is 1. The van der Waals surface area contributed by atoms with Crippen LogP contribution in [0.3, 0.4) is 0 Å². The van der Waals surface area contributed by atoms with Gasteiger partial charge in [-0.1, -0.05) is 26.0 Å². The van der Waals surface area contributed by atoms with E-state index in [1.807, 2.05) is 38.1 Å². The maximum absolute atomic E-state index is 11.7. The first-order chi connectivity index (χ1) is 9.51. The highest BCUT2D eigenvalue weighted by Gasteiger charge is 2.06. The molecule has 0 aliphatic heterocycles. The Morgan fingerprint density at radius 1 is 1.19 bits per heavy atom. The van der Waals surface area contributed by atoms with E-state index in [1.165, 1.54) is 0 Å². The van der Waals surface area contributed by atoms with Gasteiger partial charge in [0.2, 0.25) is 11.8 Å². The van der Waals surface area contributed by atoms with Crippen LogP contribution in [-0.2, 0) is 16.1 Å². The summed E-state index contributed by atoms with van der Waals surface area (Å²) in [6.07, 6.45) is 0.503. The first kappa shape index (κ1) is 19.4. The van der Waals surface area contributed by atoms with Crippen LogP contribution >= 0.6 is 12.4 Å². The lowest BCUT2D eigenvalue weighted by Gasteiger charge is -2.09. The van der Waals surface area contributed by atoms with E-state index in [9.17, 15) is 9.59 Å². The lowest BCUT2D eigenvalue weighted by molar-refractivity contribution is -0.120. The van der Waals surface area contributed by atoms with Crippen LogP contribution in [0.25, 0.3) is 0 Å². The van der Waals surface area contributed by atoms with Gasteiger partial charge in [-0.2, -0.15) is 0 Å². The number of carbonyl (C=O) groups is 2. The monoisotopic (exact) mass is 313 g/mol. The van der Waals surface area contributed by atoms with Crippen LogP contribution in [0.1, 0.15) is 25.8 Å². The van der Waals surface area contributed by atoms with Gasteiger partial charge in [0.25, 0.3) is 0 Å². The van der Waals surface area contributed by atoms with Crippen LogP contribution < -0.4 is 16.0 Å². The third kappa shape index (κ3) is 8.32. The molecule has 0 aliphatic rings. The van der Waals surface area contributed by atoms with Gasteiger partial charge in [0, 0.05) is 18.7 Å². The molecular formula is C15H24ClN3O2. The van der Waals surface area contributed by atoms with Gasteiger partial charge >= 0.3 is 0 Å². The van der Waals surface area contributed by atoms with Crippen molar-refractivity contribution in [2.75, 3.05) is 18.9 Å². The number of carbonyl (C=O) groups excluding carboxylic acids is 2. The molecule has 3 N–H and O–H groups in total. The van der Waals surface area contributed by atoms with Crippen LogP contribution in [0.5, 0.6) is 0 Å². The number of benzene rings is 1. The quantitative estimate of drug-likeness (QED) is 0.720. The maximum Gasteiger partial charge on any atom is 0.234 e. The highest BCUT2D eigenvalue weighted by molar-refractivity contribution is 5.90. The number of halogens is 1. The molecule has 0 unspecified atom stereocenters. The molecule has 118 valence electrons. The minimum absolute atomic E-state index is 0. The Balaban J connectivity index is 0.00000400. The number of rotatable bonds is 7. The van der Waals surface area contributed by atoms with Gasteiger partial charge in [0.15, 0.2) is 0 Å². The van der Waals surface area contributed by atoms with Crippen molar-refractivity contribution in [3.8, 4) is 0 Å². The van der Waals surface area contributed by atoms with Gasteiger partial charge in [-0.15, -0.1) is 12.4 Å². The van der Waals surface area contributed by atoms with Gasteiger partial charge in [0.05, 0.1) is 6.54 Å². The van der Waals surface area contributed by atoms with E-state index in [2.05, 4.69) is 16.0 Å². The van der Waals surface area contributed by atoms with Crippen molar-refractivity contribution < 1.29 is 9.59 Å². The zero-order valence-electron chi connectivity index (χ0n) is 12.7. The third-order valence-corrected chi connectivity index (χ3v) is 2.63. The van der Waals surface area contributed by atoms with Crippen LogP contribution in [0.15, 0.2) is 24.3 Å². The van der Waals surface area contributed by atoms with Crippen LogP contribution in [0.2, 0.25) is 0 Å². The van der Waals surface area contributed by atoms with Crippen LogP contribution in [0.4, 0.5) is 5.69 Å². The molecule has 0 bridgehead atoms. The van der Waals surface area contributed by atoms with Gasteiger partial charge in [-0.05, 0) is 30.7 Å². The molecular weight excluding hydrogens is 290 g/mol. The summed E-state index contributed by atoms with van der Waals surface area (Å²) in [4.78, 5) is 23.1. The Kier molecular flexibility index (Phi) is 9.41. The average molecular weight is 314 g/mol. The second-order valence-corrected chi connectivity index (χ2v) is 5.15. The van der Waals surface area contributed by atoms with Gasteiger partial charge in [-0.25, -0.2) is 0 Å². The Morgan fingerprint density at radius 2 is 1.90 bits per heavy atom. The van der Waals surface area contributed by atoms with Crippen molar-refractivity contribution in [1.82, 2.24) is 10.6 Å². The molecule has 0 aliphatic carbocycles. The van der Waals surface area contributed by atoms with Crippen molar-refractivity contribution in [2.45, 2.75) is 26.8 Å². The van der Waals surface area contributed by atoms with Crippen molar-refractivity contribution in [1.29, 1.82) is 0 Å². The van der Waals surface area contributed by atoms with E-state index in [0.29, 0.717) is 25.4 Å². The molecule has 2 amide bonds. The van der Waals surface area contributed by atoms with Crippen LogP contribution in [0, 0.1) is 5.92 Å². The lowest BCUT2D eigenvalue weighted by Crippen LogP contribution is -2.31. The number of amides is 2. The number of anilines is 1. The molecule has 0 aromatic heterocycles. The standard InChI is InChI=1S/C15H23N3O2.ClH/c1-11(2)7-14(19)18-13-6-4-5-12(8-13)9-17-15(20)10-16-3;/h4-6,8,11,16H,7,9-10H2,1-3H3,(H,17,20)(H,18,19);1H. The Labute approximate surface area is 132 Å². The summed E-state index contributed by atoms with van der Waals surface area (Å²) in [5.41, 5.74) is 1.72. The molecule has 1 aromatic rings. The summed E-state index contributed by atoms with van der Waals surface area (Å²) in [5.74, 6) is 0.289. The molecule has 0 fully saturated rings. The summed E-state index contributed by atoms with van der Waals surface area (Å²) in [7, 11) is 1.73. The fourth-order valence-electron chi connectivity index (χ4n) is 1.77. The normalized spacial score (nSPS) is 9.90. The van der Waals surface area contributed by atoms with E-state index in [0.717, 1.165) is 11.3 Å². The summed E-state index contributed by atoms with van der Waals surface area (Å²) in [6, 6.07) is 7.50. The fraction of sp³-hybridized carbons (Fsp3) is 0.467. The molecule has 0 radical (unpaired) electrons. The molecule has 0 spiro atoms. The molecule has 0 saturated heterocycles. The molecule has 21 heavy (non-hydrogen) atoms. The summed E-state index contributed by atoms with van der Waals surface area (Å²) < 4.78 is 0. The zero-order chi connectivity index (χ0) is 15.0. The van der Waals surface area contributed by atoms with E-state index in [1.54, 1.807) is 7.05 Å². The molecule has 1 aromatic carbocycles. The highest BCUT2D eigenvalue weighted by atomic mass is 35.5. The lowest BCUT2D eigenvalue weighted by atomic mass is 10.1. The van der Waals surface area contributed by atoms with Gasteiger partial charge < -0.3 is 16.0 Å². The summed E-state index contributed by atoms with van der Waals surface area (Å²) >= 11 is 0. The Hall–Kier alpha value is -1.59. The minimum Gasteiger partial charge on any atom is -0.351 e. The fourth-order valence-corrected chi connectivity index (χ4v) is 1.77. The van der Waals surface area contributed by atoms with Gasteiger partial charge in [0.1, 0.15) is 0 Å². The van der Waals surface area contributed by atoms with Crippen molar-refractivity contribution in [2.24, 2.45) is 5.92 Å². The molecule has 5 nitrogen and oxygen atoms in total. The third-order valence-electron chi connectivity index (χ3n) is 2.63. The smallest absolute Gasteiger partial charge is 0.234 e. The molecule has 0 saturated carbocycles. The Morgan fingerprint density at radius 3 is 2.52 bits per heavy atom. The first-order valence-electron chi connectivity index (χ1n) is 6.81. The van der Waals surface area contributed by atoms with E-state index in [4.69, 9.17) is 0 Å². The van der Waals surface area contributed by atoms with Crippen molar-refractivity contribution >= 4 is 29.9 Å². The molecule has 6 heteroatoms. The van der Waals surface area contributed by atoms with Gasteiger partial charge in [-0.3, -0.25) is 9.59 Å².